The van der Waals surface area contributed by atoms with E-state index in [-0.39, 0.29) is 10.8 Å². The van der Waals surface area contributed by atoms with Gasteiger partial charge in [0.1, 0.15) is 0 Å². The zero-order valence-corrected chi connectivity index (χ0v) is 32.2. The number of halogens is 1. The molecule has 1 aliphatic carbocycles. The number of para-hydroxylation sites is 2. The van der Waals surface area contributed by atoms with E-state index >= 15 is 0 Å². The van der Waals surface area contributed by atoms with Gasteiger partial charge < -0.3 is 9.80 Å². The Balaban J connectivity index is 1.13. The lowest BCUT2D eigenvalue weighted by molar-refractivity contribution is 0.616. The van der Waals surface area contributed by atoms with E-state index in [1.165, 1.54) is 56.0 Å². The summed E-state index contributed by atoms with van der Waals surface area (Å²) in [5.74, 6) is 0. The van der Waals surface area contributed by atoms with Crippen LogP contribution in [0, 0.1) is 0 Å². The Hall–Kier alpha value is -4.53. The molecule has 0 unspecified atom stereocenters. The van der Waals surface area contributed by atoms with Crippen molar-refractivity contribution in [2.24, 2.45) is 0 Å². The summed E-state index contributed by atoms with van der Waals surface area (Å²) in [5, 5.41) is 0.914. The summed E-state index contributed by atoms with van der Waals surface area (Å²) in [4.78, 5) is 5.02. The predicted octanol–water partition coefficient (Wildman–Crippen LogP) is 12.8. The van der Waals surface area contributed by atoms with Crippen LogP contribution in [0.3, 0.4) is 0 Å². The van der Waals surface area contributed by atoms with Crippen LogP contribution < -0.4 is 9.80 Å². The molecule has 0 atom stereocenters. The van der Waals surface area contributed by atoms with E-state index in [0.29, 0.717) is 0 Å². The summed E-state index contributed by atoms with van der Waals surface area (Å²) < 4.78 is 0. The zero-order valence-electron chi connectivity index (χ0n) is 31.4. The number of hydrogen-bond acceptors (Lipinski definition) is 2. The summed E-state index contributed by atoms with van der Waals surface area (Å²) in [6.07, 6.45) is 19.1. The third kappa shape index (κ3) is 7.50. The smallest absolute Gasteiger partial charge is 0.0469 e. The second-order valence-corrected chi connectivity index (χ2v) is 16.0. The van der Waals surface area contributed by atoms with Gasteiger partial charge in [-0.15, -0.1) is 0 Å². The number of benzene rings is 4. The minimum atomic E-state index is -0.110. The van der Waals surface area contributed by atoms with Crippen LogP contribution in [-0.4, -0.2) is 13.1 Å². The fourth-order valence-corrected chi connectivity index (χ4v) is 8.70. The summed E-state index contributed by atoms with van der Waals surface area (Å²) in [6.45, 7) is 11.4. The van der Waals surface area contributed by atoms with Gasteiger partial charge in [-0.3, -0.25) is 0 Å². The van der Waals surface area contributed by atoms with Crippen molar-refractivity contribution in [2.75, 3.05) is 22.9 Å². The second kappa shape index (κ2) is 15.6. The van der Waals surface area contributed by atoms with Crippen molar-refractivity contribution < 1.29 is 0 Å². The van der Waals surface area contributed by atoms with Crippen molar-refractivity contribution in [1.29, 1.82) is 0 Å². The molecule has 52 heavy (non-hydrogen) atoms. The molecule has 2 nitrogen and oxygen atoms in total. The molecule has 0 saturated carbocycles. The van der Waals surface area contributed by atoms with Crippen LogP contribution in [0.25, 0.3) is 0 Å². The van der Waals surface area contributed by atoms with E-state index in [1.807, 2.05) is 0 Å². The molecule has 0 spiro atoms. The lowest BCUT2D eigenvalue weighted by Crippen LogP contribution is -2.32. The molecule has 0 saturated heterocycles. The fourth-order valence-electron chi connectivity index (χ4n) is 8.39. The van der Waals surface area contributed by atoms with E-state index < -0.39 is 0 Å². The van der Waals surface area contributed by atoms with Gasteiger partial charge in [0.15, 0.2) is 0 Å². The first-order valence-electron chi connectivity index (χ1n) is 19.3. The highest BCUT2D eigenvalue weighted by Crippen LogP contribution is 2.48. The molecule has 266 valence electrons. The van der Waals surface area contributed by atoms with Crippen molar-refractivity contribution in [3.63, 3.8) is 0 Å². The lowest BCUT2D eigenvalue weighted by Gasteiger charge is -2.39. The van der Waals surface area contributed by atoms with Crippen LogP contribution >= 0.6 is 11.6 Å². The minimum Gasteiger partial charge on any atom is -0.347 e. The van der Waals surface area contributed by atoms with Crippen molar-refractivity contribution >= 4 is 23.0 Å². The van der Waals surface area contributed by atoms with E-state index in [0.717, 1.165) is 63.1 Å². The molecular weight excluding hydrogens is 652 g/mol. The summed E-state index contributed by atoms with van der Waals surface area (Å²) in [7, 11) is 0. The molecule has 0 aromatic heterocycles. The van der Waals surface area contributed by atoms with Gasteiger partial charge in [-0.05, 0) is 102 Å². The topological polar surface area (TPSA) is 6.48 Å². The first-order valence-corrected chi connectivity index (χ1v) is 19.6. The van der Waals surface area contributed by atoms with Crippen LogP contribution in [-0.2, 0) is 23.7 Å². The number of rotatable bonds is 11. The van der Waals surface area contributed by atoms with Crippen LogP contribution in [0.2, 0.25) is 0 Å². The Morgan fingerprint density at radius 3 is 1.87 bits per heavy atom. The van der Waals surface area contributed by atoms with Crippen molar-refractivity contribution in [3.05, 3.63) is 189 Å². The Morgan fingerprint density at radius 2 is 1.19 bits per heavy atom. The summed E-state index contributed by atoms with van der Waals surface area (Å²) in [5.41, 5.74) is 13.2. The normalized spacial score (nSPS) is 19.4. The molecular formula is C49H53ClN2. The van der Waals surface area contributed by atoms with Gasteiger partial charge in [-0.2, -0.15) is 0 Å². The maximum Gasteiger partial charge on any atom is 0.0469 e. The first kappa shape index (κ1) is 35.9. The molecule has 4 aromatic rings. The lowest BCUT2D eigenvalue weighted by atomic mass is 9.74. The summed E-state index contributed by atoms with van der Waals surface area (Å²) >= 11 is 7.29. The third-order valence-corrected chi connectivity index (χ3v) is 11.9. The molecule has 0 fully saturated rings. The van der Waals surface area contributed by atoms with Gasteiger partial charge in [0, 0.05) is 52.2 Å². The van der Waals surface area contributed by atoms with Crippen LogP contribution in [0.5, 0.6) is 0 Å². The highest BCUT2D eigenvalue weighted by atomic mass is 35.5. The molecule has 0 amide bonds. The molecule has 2 aliphatic heterocycles. The molecule has 0 bridgehead atoms. The molecule has 0 N–H and O–H groups in total. The number of fused-ring (bicyclic) bond motifs is 2. The first-order chi connectivity index (χ1) is 25.2. The molecule has 3 aliphatic rings. The van der Waals surface area contributed by atoms with E-state index in [4.69, 9.17) is 11.6 Å². The quantitative estimate of drug-likeness (QED) is 0.153. The molecule has 3 heteroatoms. The Labute approximate surface area is 317 Å². The van der Waals surface area contributed by atoms with Crippen molar-refractivity contribution in [3.8, 4) is 0 Å². The molecule has 4 aromatic carbocycles. The van der Waals surface area contributed by atoms with Gasteiger partial charge in [-0.1, -0.05) is 155 Å². The second-order valence-electron chi connectivity index (χ2n) is 15.7. The minimum absolute atomic E-state index is 0.0870. The maximum absolute atomic E-state index is 7.29. The highest BCUT2D eigenvalue weighted by Gasteiger charge is 2.39. The summed E-state index contributed by atoms with van der Waals surface area (Å²) in [6, 6.07) is 39.5. The standard InChI is InChI=1S/C49H53ClN2/c1-48(2)41(36-51(44-28-13-11-26-42(44)48)34-16-22-37-18-7-5-8-19-37)32-30-39-24-15-25-40(47(39)50)31-33-46-49(3,4)43-27-12-14-29-45(43)52(46)35-17-23-38-20-9-6-10-21-38/h5-14,18-21,26-33,36H,15-17,22-25,34-35H2,1-4H3/b32-30+,40-31+,46-33+. The Morgan fingerprint density at radius 1 is 0.615 bits per heavy atom. The van der Waals surface area contributed by atoms with E-state index in [2.05, 4.69) is 177 Å². The van der Waals surface area contributed by atoms with Gasteiger partial charge in [-0.25, -0.2) is 0 Å². The highest BCUT2D eigenvalue weighted by molar-refractivity contribution is 6.32. The Bertz CT molecular complexity index is 2030. The average Bonchev–Trinajstić information content (AvgIpc) is 3.37. The van der Waals surface area contributed by atoms with E-state index in [1.54, 1.807) is 0 Å². The van der Waals surface area contributed by atoms with Gasteiger partial charge >= 0.3 is 0 Å². The van der Waals surface area contributed by atoms with Gasteiger partial charge in [0.05, 0.1) is 0 Å². The largest absolute Gasteiger partial charge is 0.347 e. The average molecular weight is 705 g/mol. The zero-order chi connectivity index (χ0) is 36.1. The number of nitrogens with zero attached hydrogens (tertiary/aromatic N) is 2. The number of aryl methyl sites for hydroxylation is 2. The number of anilines is 2. The molecule has 0 radical (unpaired) electrons. The maximum atomic E-state index is 7.29. The number of allylic oxidation sites excluding steroid dienone is 9. The predicted molar refractivity (Wildman–Crippen MR) is 223 cm³/mol. The van der Waals surface area contributed by atoms with Crippen molar-refractivity contribution in [1.82, 2.24) is 0 Å². The van der Waals surface area contributed by atoms with Crippen LogP contribution in [0.4, 0.5) is 11.4 Å². The third-order valence-electron chi connectivity index (χ3n) is 11.5. The molecule has 7 rings (SSSR count). The molecule has 2 heterocycles. The monoisotopic (exact) mass is 704 g/mol. The van der Waals surface area contributed by atoms with Gasteiger partial charge in [0.25, 0.3) is 0 Å². The van der Waals surface area contributed by atoms with Crippen LogP contribution in [0.1, 0.15) is 82.1 Å². The van der Waals surface area contributed by atoms with E-state index in [9.17, 15) is 0 Å². The van der Waals surface area contributed by atoms with Crippen LogP contribution in [0.15, 0.2) is 167 Å². The van der Waals surface area contributed by atoms with Gasteiger partial charge in [0.2, 0.25) is 0 Å². The SMILES string of the molecule is CC1(C)C(/C=C/C2=C(Cl)C(=C/C=C3/N(CCCc4ccccc4)c4ccccc4C3(C)C)/CCC2)=CN(CCCc2ccccc2)c2ccccc21. The fraction of sp³-hybridized carbons (Fsp3) is 0.306. The Kier molecular flexibility index (Phi) is 10.8. The number of hydrogen-bond donors (Lipinski definition) is 0. The van der Waals surface area contributed by atoms with Crippen molar-refractivity contribution in [2.45, 2.75) is 83.5 Å².